The van der Waals surface area contributed by atoms with E-state index < -0.39 is 0 Å². The monoisotopic (exact) mass is 309 g/mol. The van der Waals surface area contributed by atoms with E-state index in [1.54, 1.807) is 25.3 Å². The van der Waals surface area contributed by atoms with E-state index in [9.17, 15) is 5.11 Å². The van der Waals surface area contributed by atoms with E-state index in [1.807, 2.05) is 32.3 Å². The average molecular weight is 309 g/mol. The number of nitrogens with zero attached hydrogens (tertiary/aromatic N) is 2. The zero-order valence-electron chi connectivity index (χ0n) is 13.4. The van der Waals surface area contributed by atoms with Crippen LogP contribution in [0, 0.1) is 0 Å². The van der Waals surface area contributed by atoms with Crippen molar-refractivity contribution in [3.8, 4) is 34.0 Å². The number of aromatic amines is 1. The van der Waals surface area contributed by atoms with Crippen molar-refractivity contribution in [1.29, 1.82) is 0 Å². The van der Waals surface area contributed by atoms with E-state index in [-0.39, 0.29) is 5.75 Å². The maximum atomic E-state index is 10.1. The maximum Gasteiger partial charge on any atom is 0.128 e. The third-order valence-corrected chi connectivity index (χ3v) is 3.75. The highest BCUT2D eigenvalue weighted by molar-refractivity contribution is 5.73. The number of aromatic nitrogens is 2. The molecule has 2 N–H and O–H groups in total. The first-order chi connectivity index (χ1) is 11.1. The fourth-order valence-corrected chi connectivity index (χ4v) is 2.40. The second-order valence-electron chi connectivity index (χ2n) is 5.49. The fraction of sp³-hybridized carbons (Fsp3) is 0.167. The van der Waals surface area contributed by atoms with Crippen LogP contribution in [0.1, 0.15) is 0 Å². The van der Waals surface area contributed by atoms with E-state index >= 15 is 0 Å². The van der Waals surface area contributed by atoms with Gasteiger partial charge in [-0.25, -0.2) is 0 Å². The summed E-state index contributed by atoms with van der Waals surface area (Å²) in [5.41, 5.74) is 4.44. The van der Waals surface area contributed by atoms with Gasteiger partial charge in [-0.05, 0) is 30.3 Å². The summed E-state index contributed by atoms with van der Waals surface area (Å²) in [5.74, 6) is 0.771. The van der Waals surface area contributed by atoms with Crippen molar-refractivity contribution >= 4 is 5.69 Å². The summed E-state index contributed by atoms with van der Waals surface area (Å²) in [4.78, 5) is 2.05. The molecule has 0 aliphatic heterocycles. The van der Waals surface area contributed by atoms with Gasteiger partial charge in [-0.2, -0.15) is 5.10 Å². The molecule has 118 valence electrons. The number of aromatic hydroxyl groups is 1. The van der Waals surface area contributed by atoms with Crippen molar-refractivity contribution in [2.24, 2.45) is 0 Å². The predicted octanol–water partition coefficient (Wildman–Crippen LogP) is 3.52. The van der Waals surface area contributed by atoms with Crippen LogP contribution < -0.4 is 9.64 Å². The Hall–Kier alpha value is -2.95. The van der Waals surface area contributed by atoms with E-state index in [0.717, 1.165) is 22.6 Å². The molecule has 0 radical (unpaired) electrons. The maximum absolute atomic E-state index is 10.1. The van der Waals surface area contributed by atoms with Gasteiger partial charge in [-0.3, -0.25) is 5.10 Å². The van der Waals surface area contributed by atoms with E-state index in [2.05, 4.69) is 27.2 Å². The quantitative estimate of drug-likeness (QED) is 0.774. The lowest BCUT2D eigenvalue weighted by Gasteiger charge is -2.12. The highest BCUT2D eigenvalue weighted by Crippen LogP contribution is 2.33. The third kappa shape index (κ3) is 2.99. The Morgan fingerprint density at radius 3 is 2.39 bits per heavy atom. The second kappa shape index (κ2) is 6.04. The molecule has 0 unspecified atom stereocenters. The van der Waals surface area contributed by atoms with Gasteiger partial charge in [0.05, 0.1) is 18.5 Å². The largest absolute Gasteiger partial charge is 0.507 e. The van der Waals surface area contributed by atoms with Crippen LogP contribution in [-0.2, 0) is 0 Å². The van der Waals surface area contributed by atoms with Crippen LogP contribution in [0.25, 0.3) is 22.5 Å². The van der Waals surface area contributed by atoms with Gasteiger partial charge in [0.25, 0.3) is 0 Å². The highest BCUT2D eigenvalue weighted by atomic mass is 16.5. The Balaban J connectivity index is 1.91. The summed E-state index contributed by atoms with van der Waals surface area (Å²) in [5, 5.41) is 17.4. The van der Waals surface area contributed by atoms with Crippen molar-refractivity contribution in [1.82, 2.24) is 10.2 Å². The average Bonchev–Trinajstić information content (AvgIpc) is 3.04. The lowest BCUT2D eigenvalue weighted by atomic mass is 10.1. The number of ether oxygens (including phenoxy) is 1. The standard InChI is InChI=1S/C18H19N3O2/c1-21(2)13-6-4-12(5-7-13)16-11-17(20-19-16)15-9-8-14(23-3)10-18(15)22/h4-11,22H,1-3H3,(H,19,20). The number of phenols is 1. The Bertz CT molecular complexity index is 807. The molecule has 0 amide bonds. The number of rotatable bonds is 4. The summed E-state index contributed by atoms with van der Waals surface area (Å²) in [7, 11) is 5.59. The van der Waals surface area contributed by atoms with Gasteiger partial charge in [0.15, 0.2) is 0 Å². The number of hydrogen-bond donors (Lipinski definition) is 2. The van der Waals surface area contributed by atoms with Gasteiger partial charge in [0.2, 0.25) is 0 Å². The molecule has 5 nitrogen and oxygen atoms in total. The Kier molecular flexibility index (Phi) is 3.93. The first-order valence-electron chi connectivity index (χ1n) is 7.29. The first-order valence-corrected chi connectivity index (χ1v) is 7.29. The third-order valence-electron chi connectivity index (χ3n) is 3.75. The molecule has 0 saturated heterocycles. The predicted molar refractivity (Wildman–Crippen MR) is 92.0 cm³/mol. The molecule has 2 aromatic carbocycles. The molecule has 0 bridgehead atoms. The molecule has 3 rings (SSSR count). The van der Waals surface area contributed by atoms with Gasteiger partial charge in [0, 0.05) is 37.0 Å². The number of H-pyrrole nitrogens is 1. The summed E-state index contributed by atoms with van der Waals surface area (Å²) < 4.78 is 5.10. The van der Waals surface area contributed by atoms with Crippen LogP contribution in [0.5, 0.6) is 11.5 Å². The minimum Gasteiger partial charge on any atom is -0.507 e. The molecule has 3 aromatic rings. The van der Waals surface area contributed by atoms with Crippen molar-refractivity contribution in [3.05, 3.63) is 48.5 Å². The van der Waals surface area contributed by atoms with E-state index in [4.69, 9.17) is 4.74 Å². The number of methoxy groups -OCH3 is 1. The van der Waals surface area contributed by atoms with Crippen LogP contribution in [0.3, 0.4) is 0 Å². The van der Waals surface area contributed by atoms with Crippen LogP contribution in [0.15, 0.2) is 48.5 Å². The number of benzene rings is 2. The van der Waals surface area contributed by atoms with Gasteiger partial charge < -0.3 is 14.7 Å². The molecule has 0 atom stereocenters. The summed E-state index contributed by atoms with van der Waals surface area (Å²) >= 11 is 0. The highest BCUT2D eigenvalue weighted by Gasteiger charge is 2.10. The number of anilines is 1. The van der Waals surface area contributed by atoms with E-state index in [1.165, 1.54) is 0 Å². The van der Waals surface area contributed by atoms with Gasteiger partial charge in [-0.15, -0.1) is 0 Å². The lowest BCUT2D eigenvalue weighted by Crippen LogP contribution is -2.07. The van der Waals surface area contributed by atoms with Crippen LogP contribution in [-0.4, -0.2) is 36.5 Å². The topological polar surface area (TPSA) is 61.4 Å². The van der Waals surface area contributed by atoms with Crippen LogP contribution in [0.2, 0.25) is 0 Å². The van der Waals surface area contributed by atoms with Gasteiger partial charge >= 0.3 is 0 Å². The van der Waals surface area contributed by atoms with E-state index in [0.29, 0.717) is 11.3 Å². The first kappa shape index (κ1) is 15.0. The zero-order chi connectivity index (χ0) is 16.4. The minimum absolute atomic E-state index is 0.155. The molecule has 1 aromatic heterocycles. The number of phenolic OH excluding ortho intramolecular Hbond substituents is 1. The molecule has 0 saturated carbocycles. The summed E-state index contributed by atoms with van der Waals surface area (Å²) in [6.45, 7) is 0. The summed E-state index contributed by atoms with van der Waals surface area (Å²) in [6, 6.07) is 15.3. The number of hydrogen-bond acceptors (Lipinski definition) is 4. The van der Waals surface area contributed by atoms with Crippen LogP contribution >= 0.6 is 0 Å². The van der Waals surface area contributed by atoms with Crippen molar-refractivity contribution in [2.45, 2.75) is 0 Å². The smallest absolute Gasteiger partial charge is 0.128 e. The second-order valence-corrected chi connectivity index (χ2v) is 5.49. The number of nitrogens with one attached hydrogen (secondary N) is 1. The Morgan fingerprint density at radius 1 is 1.04 bits per heavy atom. The molecular formula is C18H19N3O2. The molecular weight excluding hydrogens is 290 g/mol. The van der Waals surface area contributed by atoms with Crippen molar-refractivity contribution < 1.29 is 9.84 Å². The molecule has 0 fully saturated rings. The molecule has 0 aliphatic rings. The SMILES string of the molecule is COc1ccc(-c2cc(-c3ccc(N(C)C)cc3)n[nH]2)c(O)c1. The zero-order valence-corrected chi connectivity index (χ0v) is 13.4. The van der Waals surface area contributed by atoms with Crippen LogP contribution in [0.4, 0.5) is 5.69 Å². The van der Waals surface area contributed by atoms with Gasteiger partial charge in [0.1, 0.15) is 11.5 Å². The Morgan fingerprint density at radius 2 is 1.78 bits per heavy atom. The lowest BCUT2D eigenvalue weighted by molar-refractivity contribution is 0.408. The van der Waals surface area contributed by atoms with Crippen molar-refractivity contribution in [2.75, 3.05) is 26.1 Å². The molecule has 5 heteroatoms. The van der Waals surface area contributed by atoms with Crippen molar-refractivity contribution in [3.63, 3.8) is 0 Å². The molecule has 1 heterocycles. The minimum atomic E-state index is 0.155. The summed E-state index contributed by atoms with van der Waals surface area (Å²) in [6.07, 6.45) is 0. The fourth-order valence-electron chi connectivity index (χ4n) is 2.40. The Labute approximate surface area is 135 Å². The molecule has 0 aliphatic carbocycles. The molecule has 23 heavy (non-hydrogen) atoms. The normalized spacial score (nSPS) is 10.6. The van der Waals surface area contributed by atoms with Gasteiger partial charge in [-0.1, -0.05) is 12.1 Å². The molecule has 0 spiro atoms.